The number of rotatable bonds is 4. The fraction of sp³-hybridized carbons (Fsp3) is 0.250. The Morgan fingerprint density at radius 1 is 1.08 bits per heavy atom. The monoisotopic (exact) mass is 521 g/mol. The maximum absolute atomic E-state index is 14.9. The van der Waals surface area contributed by atoms with E-state index >= 15 is 0 Å². The van der Waals surface area contributed by atoms with Gasteiger partial charge in [0.1, 0.15) is 0 Å². The Labute approximate surface area is 204 Å². The number of ether oxygens (including phenoxy) is 2. The number of hydrogen-bond acceptors (Lipinski definition) is 7. The van der Waals surface area contributed by atoms with Gasteiger partial charge in [-0.2, -0.15) is 13.2 Å². The number of esters is 1. The lowest BCUT2D eigenvalue weighted by Crippen LogP contribution is -2.55. The third-order valence-electron chi connectivity index (χ3n) is 5.78. The summed E-state index contributed by atoms with van der Waals surface area (Å²) in [5.41, 5.74) is 0.450. The van der Waals surface area contributed by atoms with E-state index in [-0.39, 0.29) is 23.1 Å². The second-order valence-electron chi connectivity index (χ2n) is 8.27. The van der Waals surface area contributed by atoms with Gasteiger partial charge in [-0.3, -0.25) is 4.79 Å². The van der Waals surface area contributed by atoms with Crippen LogP contribution in [0.15, 0.2) is 59.1 Å². The molecular formula is C24H16F5N3O5. The second kappa shape index (κ2) is 8.98. The first kappa shape index (κ1) is 24.4. The van der Waals surface area contributed by atoms with Crippen LogP contribution in [-0.2, 0) is 4.79 Å². The van der Waals surface area contributed by atoms with Crippen LogP contribution in [0.5, 0.6) is 11.6 Å². The minimum Gasteiger partial charge on any atom is -0.463 e. The van der Waals surface area contributed by atoms with E-state index in [4.69, 9.17) is 9.26 Å². The van der Waals surface area contributed by atoms with E-state index in [1.165, 1.54) is 12.1 Å². The van der Waals surface area contributed by atoms with E-state index in [1.807, 2.05) is 0 Å². The predicted octanol–water partition coefficient (Wildman–Crippen LogP) is 4.77. The molecule has 37 heavy (non-hydrogen) atoms. The number of carbonyl (C=O) groups is 2. The van der Waals surface area contributed by atoms with Crippen molar-refractivity contribution in [1.29, 1.82) is 0 Å². The maximum Gasteiger partial charge on any atom is 0.491 e. The summed E-state index contributed by atoms with van der Waals surface area (Å²) in [5.74, 6) is -8.28. The predicted molar refractivity (Wildman–Crippen MR) is 117 cm³/mol. The van der Waals surface area contributed by atoms with Crippen molar-refractivity contribution in [1.82, 2.24) is 15.0 Å². The number of hydrogen-bond donors (Lipinski definition) is 0. The van der Waals surface area contributed by atoms with E-state index < -0.39 is 54.7 Å². The molecule has 13 heteroatoms. The van der Waals surface area contributed by atoms with Gasteiger partial charge in [-0.05, 0) is 24.3 Å². The van der Waals surface area contributed by atoms with Gasteiger partial charge < -0.3 is 18.9 Å². The lowest BCUT2D eigenvalue weighted by atomic mass is 10.0. The normalized spacial score (nSPS) is 17.6. The minimum absolute atomic E-state index is 0.0804. The van der Waals surface area contributed by atoms with Gasteiger partial charge in [0, 0.05) is 18.4 Å². The summed E-state index contributed by atoms with van der Waals surface area (Å²) < 4.78 is 83.1. The summed E-state index contributed by atoms with van der Waals surface area (Å²) >= 11 is 0. The molecule has 3 heterocycles. The van der Waals surface area contributed by atoms with E-state index in [2.05, 4.69) is 14.9 Å². The quantitative estimate of drug-likeness (QED) is 0.282. The molecule has 0 radical (unpaired) electrons. The first-order chi connectivity index (χ1) is 17.5. The molecule has 1 saturated heterocycles. The fourth-order valence-corrected chi connectivity index (χ4v) is 3.90. The third-order valence-corrected chi connectivity index (χ3v) is 5.78. The highest BCUT2D eigenvalue weighted by Crippen LogP contribution is 2.37. The number of alkyl halides is 5. The van der Waals surface area contributed by atoms with Crippen LogP contribution in [-0.4, -0.2) is 58.2 Å². The van der Waals surface area contributed by atoms with Crippen molar-refractivity contribution in [3.8, 4) is 11.6 Å². The van der Waals surface area contributed by atoms with Crippen LogP contribution < -0.4 is 9.47 Å². The smallest absolute Gasteiger partial charge is 0.463 e. The Morgan fingerprint density at radius 3 is 2.59 bits per heavy atom. The summed E-state index contributed by atoms with van der Waals surface area (Å²) in [6.07, 6.45) is -8.16. The molecular weight excluding hydrogens is 505 g/mol. The number of pyridine rings is 1. The standard InChI is InChI=1S/C24H16F5N3O5/c25-23(26)9-10-32(21(33)19-14-6-2-4-8-16(14)37-31-19)12-18(23)36-20-17(35-22(34)24(27,28)29)11-13-5-1-3-7-15(13)30-20/h1-8,11,18H,9-10,12H2/t18-/m0/s1. The molecule has 1 amide bonds. The van der Waals surface area contributed by atoms with E-state index in [0.29, 0.717) is 11.0 Å². The Morgan fingerprint density at radius 2 is 1.81 bits per heavy atom. The highest BCUT2D eigenvalue weighted by Gasteiger charge is 2.48. The zero-order chi connectivity index (χ0) is 26.4. The number of carbonyl (C=O) groups excluding carboxylic acids is 2. The molecule has 2 aromatic carbocycles. The Kier molecular flexibility index (Phi) is 5.92. The molecule has 0 aliphatic carbocycles. The van der Waals surface area contributed by atoms with Crippen molar-refractivity contribution >= 4 is 33.7 Å². The van der Waals surface area contributed by atoms with E-state index in [1.54, 1.807) is 36.4 Å². The summed E-state index contributed by atoms with van der Waals surface area (Å²) in [5, 5.41) is 4.42. The molecule has 0 N–H and O–H groups in total. The van der Waals surface area contributed by atoms with Crippen LogP contribution in [0.25, 0.3) is 21.9 Å². The average Bonchev–Trinajstić information content (AvgIpc) is 3.28. The SMILES string of the molecule is O=C(c1noc2ccccc12)N1CCC(F)(F)[C@@H](Oc2nc3ccccc3cc2OC(=O)C(F)(F)F)C1. The number of benzene rings is 2. The van der Waals surface area contributed by atoms with Crippen LogP contribution in [0.3, 0.4) is 0 Å². The molecule has 0 bridgehead atoms. The van der Waals surface area contributed by atoms with Crippen LogP contribution in [0.2, 0.25) is 0 Å². The molecule has 1 atom stereocenters. The summed E-state index contributed by atoms with van der Waals surface area (Å²) in [4.78, 5) is 29.6. The molecule has 1 aliphatic heterocycles. The topological polar surface area (TPSA) is 94.8 Å². The van der Waals surface area contributed by atoms with Crippen molar-refractivity contribution in [3.63, 3.8) is 0 Å². The molecule has 0 saturated carbocycles. The Balaban J connectivity index is 1.46. The van der Waals surface area contributed by atoms with Gasteiger partial charge in [0.25, 0.3) is 17.7 Å². The molecule has 2 aromatic heterocycles. The van der Waals surface area contributed by atoms with Crippen molar-refractivity contribution in [2.24, 2.45) is 0 Å². The summed E-state index contributed by atoms with van der Waals surface area (Å²) in [6, 6.07) is 13.6. The zero-order valence-corrected chi connectivity index (χ0v) is 18.7. The van der Waals surface area contributed by atoms with Gasteiger partial charge in [-0.15, -0.1) is 0 Å². The number of fused-ring (bicyclic) bond motifs is 2. The number of para-hydroxylation sites is 2. The van der Waals surface area contributed by atoms with Gasteiger partial charge in [0.15, 0.2) is 23.1 Å². The molecule has 0 unspecified atom stereocenters. The van der Waals surface area contributed by atoms with Crippen LogP contribution in [0.4, 0.5) is 22.0 Å². The van der Waals surface area contributed by atoms with Gasteiger partial charge in [0.05, 0.1) is 17.4 Å². The molecule has 0 spiro atoms. The lowest BCUT2D eigenvalue weighted by molar-refractivity contribution is -0.190. The molecule has 1 aliphatic rings. The van der Waals surface area contributed by atoms with Crippen LogP contribution in [0, 0.1) is 0 Å². The van der Waals surface area contributed by atoms with Gasteiger partial charge >= 0.3 is 12.1 Å². The van der Waals surface area contributed by atoms with E-state index in [0.717, 1.165) is 11.0 Å². The van der Waals surface area contributed by atoms with Crippen LogP contribution in [0.1, 0.15) is 16.9 Å². The summed E-state index contributed by atoms with van der Waals surface area (Å²) in [7, 11) is 0. The highest BCUT2D eigenvalue weighted by atomic mass is 19.4. The number of likely N-dealkylation sites (tertiary alicyclic amines) is 1. The van der Waals surface area contributed by atoms with Gasteiger partial charge in [0.2, 0.25) is 0 Å². The van der Waals surface area contributed by atoms with Crippen LogP contribution >= 0.6 is 0 Å². The lowest BCUT2D eigenvalue weighted by Gasteiger charge is -2.37. The largest absolute Gasteiger partial charge is 0.491 e. The van der Waals surface area contributed by atoms with Crippen molar-refractivity contribution in [3.05, 3.63) is 60.3 Å². The number of halogens is 5. The van der Waals surface area contributed by atoms with Crippen molar-refractivity contribution in [2.75, 3.05) is 13.1 Å². The second-order valence-corrected chi connectivity index (χ2v) is 8.27. The Hall–Kier alpha value is -4.29. The average molecular weight is 521 g/mol. The molecule has 4 aromatic rings. The summed E-state index contributed by atoms with van der Waals surface area (Å²) in [6.45, 7) is -0.984. The number of aromatic nitrogens is 2. The molecule has 5 rings (SSSR count). The first-order valence-electron chi connectivity index (χ1n) is 10.9. The maximum atomic E-state index is 14.9. The zero-order valence-electron chi connectivity index (χ0n) is 18.7. The highest BCUT2D eigenvalue weighted by molar-refractivity contribution is 6.04. The van der Waals surface area contributed by atoms with E-state index in [9.17, 15) is 31.5 Å². The third kappa shape index (κ3) is 4.76. The van der Waals surface area contributed by atoms with Gasteiger partial charge in [-0.1, -0.05) is 35.5 Å². The molecule has 192 valence electrons. The van der Waals surface area contributed by atoms with Crippen molar-refractivity contribution < 1.29 is 45.5 Å². The van der Waals surface area contributed by atoms with Gasteiger partial charge in [-0.25, -0.2) is 18.6 Å². The first-order valence-corrected chi connectivity index (χ1v) is 10.9. The Bertz CT molecular complexity index is 1500. The number of nitrogens with zero attached hydrogens (tertiary/aromatic N) is 3. The fourth-order valence-electron chi connectivity index (χ4n) is 3.90. The number of amides is 1. The minimum atomic E-state index is -5.35. The molecule has 1 fully saturated rings. The van der Waals surface area contributed by atoms with Crippen molar-refractivity contribution in [2.45, 2.75) is 24.6 Å². The number of piperidine rings is 1. The molecule has 8 nitrogen and oxygen atoms in total.